The summed E-state index contributed by atoms with van der Waals surface area (Å²) in [5.74, 6) is 0. The molecule has 1 aromatic rings. The fourth-order valence-corrected chi connectivity index (χ4v) is 2.67. The van der Waals surface area contributed by atoms with Crippen LogP contribution in [0, 0.1) is 0 Å². The lowest BCUT2D eigenvalue weighted by Gasteiger charge is -2.35. The molecule has 0 radical (unpaired) electrons. The third-order valence-electron chi connectivity index (χ3n) is 3.55. The topological polar surface area (TPSA) is 42.3 Å². The van der Waals surface area contributed by atoms with Crippen molar-refractivity contribution in [2.24, 2.45) is 7.05 Å². The summed E-state index contributed by atoms with van der Waals surface area (Å²) >= 11 is 0. The molecular formula is C14H26N4O. The number of imidazole rings is 1. The van der Waals surface area contributed by atoms with E-state index < -0.39 is 0 Å². The molecule has 0 saturated carbocycles. The van der Waals surface area contributed by atoms with Gasteiger partial charge in [-0.25, -0.2) is 4.98 Å². The molecule has 1 aliphatic rings. The summed E-state index contributed by atoms with van der Waals surface area (Å²) in [5.41, 5.74) is 1.23. The van der Waals surface area contributed by atoms with Crippen molar-refractivity contribution in [1.82, 2.24) is 19.8 Å². The first-order valence-corrected chi connectivity index (χ1v) is 7.19. The van der Waals surface area contributed by atoms with E-state index in [0.717, 1.165) is 32.7 Å². The minimum atomic E-state index is 0.367. The molecule has 2 heterocycles. The van der Waals surface area contributed by atoms with Gasteiger partial charge in [-0.1, -0.05) is 0 Å². The van der Waals surface area contributed by atoms with Crippen molar-refractivity contribution >= 4 is 0 Å². The van der Waals surface area contributed by atoms with Gasteiger partial charge in [0.15, 0.2) is 0 Å². The van der Waals surface area contributed by atoms with Crippen LogP contribution < -0.4 is 5.32 Å². The number of hydrogen-bond acceptors (Lipinski definition) is 4. The number of aryl methyl sites for hydroxylation is 1. The fourth-order valence-electron chi connectivity index (χ4n) is 2.67. The number of morpholine rings is 1. The summed E-state index contributed by atoms with van der Waals surface area (Å²) in [4.78, 5) is 6.62. The van der Waals surface area contributed by atoms with E-state index in [1.54, 1.807) is 0 Å². The van der Waals surface area contributed by atoms with Gasteiger partial charge in [0.25, 0.3) is 0 Å². The average molecular weight is 266 g/mol. The first-order valence-electron chi connectivity index (χ1n) is 7.19. The highest BCUT2D eigenvalue weighted by atomic mass is 16.5. The van der Waals surface area contributed by atoms with E-state index in [-0.39, 0.29) is 0 Å². The molecule has 1 aliphatic heterocycles. The summed E-state index contributed by atoms with van der Waals surface area (Å²) < 4.78 is 7.79. The number of rotatable bonds is 6. The molecule has 5 heteroatoms. The molecule has 1 fully saturated rings. The van der Waals surface area contributed by atoms with Gasteiger partial charge in [0.2, 0.25) is 0 Å². The van der Waals surface area contributed by atoms with Crippen LogP contribution in [0.15, 0.2) is 12.5 Å². The molecular weight excluding hydrogens is 240 g/mol. The molecule has 0 spiro atoms. The lowest BCUT2D eigenvalue weighted by atomic mass is 10.2. The van der Waals surface area contributed by atoms with Gasteiger partial charge < -0.3 is 14.6 Å². The Balaban J connectivity index is 1.58. The molecule has 2 rings (SSSR count). The third-order valence-corrected chi connectivity index (χ3v) is 3.55. The second-order valence-electron chi connectivity index (χ2n) is 5.54. The number of hydrogen-bond donors (Lipinski definition) is 1. The Kier molecular flexibility index (Phi) is 5.36. The highest BCUT2D eigenvalue weighted by Crippen LogP contribution is 2.10. The molecule has 108 valence electrons. The van der Waals surface area contributed by atoms with Crippen LogP contribution in [0.3, 0.4) is 0 Å². The van der Waals surface area contributed by atoms with E-state index in [0.29, 0.717) is 12.2 Å². The SMILES string of the molecule is C[C@@H]1CN(CCCNCc2cncn2C)C[C@@H](C)O1. The van der Waals surface area contributed by atoms with E-state index in [2.05, 4.69) is 33.6 Å². The van der Waals surface area contributed by atoms with Crippen LogP contribution in [0.1, 0.15) is 26.0 Å². The summed E-state index contributed by atoms with van der Waals surface area (Å²) in [5, 5.41) is 3.47. The summed E-state index contributed by atoms with van der Waals surface area (Å²) in [7, 11) is 2.03. The lowest BCUT2D eigenvalue weighted by molar-refractivity contribution is -0.0680. The number of aromatic nitrogens is 2. The van der Waals surface area contributed by atoms with Gasteiger partial charge in [-0.3, -0.25) is 4.90 Å². The van der Waals surface area contributed by atoms with E-state index in [1.807, 2.05) is 19.6 Å². The zero-order valence-electron chi connectivity index (χ0n) is 12.3. The predicted molar refractivity (Wildman–Crippen MR) is 76.0 cm³/mol. The molecule has 1 saturated heterocycles. The monoisotopic (exact) mass is 266 g/mol. The second-order valence-corrected chi connectivity index (χ2v) is 5.54. The molecule has 0 aliphatic carbocycles. The van der Waals surface area contributed by atoms with Crippen molar-refractivity contribution in [2.45, 2.75) is 39.0 Å². The zero-order valence-corrected chi connectivity index (χ0v) is 12.3. The van der Waals surface area contributed by atoms with Crippen LogP contribution >= 0.6 is 0 Å². The maximum atomic E-state index is 5.74. The molecule has 0 bridgehead atoms. The summed E-state index contributed by atoms with van der Waals surface area (Å²) in [6, 6.07) is 0. The molecule has 0 unspecified atom stereocenters. The Bertz CT molecular complexity index is 369. The van der Waals surface area contributed by atoms with E-state index in [9.17, 15) is 0 Å². The Morgan fingerprint density at radius 3 is 2.74 bits per heavy atom. The van der Waals surface area contributed by atoms with Crippen LogP contribution in [0.2, 0.25) is 0 Å². The molecule has 0 amide bonds. The third kappa shape index (κ3) is 4.60. The molecule has 1 N–H and O–H groups in total. The number of ether oxygens (including phenoxy) is 1. The van der Waals surface area contributed by atoms with Crippen molar-refractivity contribution in [2.75, 3.05) is 26.2 Å². The number of nitrogens with one attached hydrogen (secondary N) is 1. The minimum absolute atomic E-state index is 0.367. The van der Waals surface area contributed by atoms with E-state index in [1.165, 1.54) is 12.1 Å². The van der Waals surface area contributed by atoms with Crippen molar-refractivity contribution in [3.05, 3.63) is 18.2 Å². The van der Waals surface area contributed by atoms with Crippen LogP contribution in [0.25, 0.3) is 0 Å². The standard InChI is InChI=1S/C14H26N4O/c1-12-9-18(10-13(2)19-12)6-4-5-15-7-14-8-16-11-17(14)3/h8,11-13,15H,4-7,9-10H2,1-3H3/t12-,13-/m1/s1. The summed E-state index contributed by atoms with van der Waals surface area (Å²) in [6.45, 7) is 9.53. The van der Waals surface area contributed by atoms with Gasteiger partial charge in [-0.05, 0) is 33.4 Å². The Hall–Kier alpha value is -0.910. The highest BCUT2D eigenvalue weighted by molar-refractivity contribution is 4.96. The highest BCUT2D eigenvalue weighted by Gasteiger charge is 2.21. The summed E-state index contributed by atoms with van der Waals surface area (Å²) in [6.07, 6.45) is 5.67. The van der Waals surface area contributed by atoms with Crippen LogP contribution in [0.4, 0.5) is 0 Å². The van der Waals surface area contributed by atoms with Gasteiger partial charge >= 0.3 is 0 Å². The normalized spacial score (nSPS) is 24.8. The van der Waals surface area contributed by atoms with Gasteiger partial charge in [0.1, 0.15) is 0 Å². The smallest absolute Gasteiger partial charge is 0.0945 e. The molecule has 1 aromatic heterocycles. The van der Waals surface area contributed by atoms with Crippen LogP contribution in [0.5, 0.6) is 0 Å². The quantitative estimate of drug-likeness (QED) is 0.780. The van der Waals surface area contributed by atoms with Gasteiger partial charge in [-0.15, -0.1) is 0 Å². The largest absolute Gasteiger partial charge is 0.373 e. The first-order chi connectivity index (χ1) is 9.15. The van der Waals surface area contributed by atoms with Crippen molar-refractivity contribution in [1.29, 1.82) is 0 Å². The molecule has 2 atom stereocenters. The van der Waals surface area contributed by atoms with Crippen LogP contribution in [-0.4, -0.2) is 52.8 Å². The first kappa shape index (κ1) is 14.5. The van der Waals surface area contributed by atoms with Crippen molar-refractivity contribution in [3.63, 3.8) is 0 Å². The predicted octanol–water partition coefficient (Wildman–Crippen LogP) is 1.01. The maximum Gasteiger partial charge on any atom is 0.0945 e. The minimum Gasteiger partial charge on any atom is -0.373 e. The Morgan fingerprint density at radius 1 is 1.37 bits per heavy atom. The van der Waals surface area contributed by atoms with E-state index in [4.69, 9.17) is 4.74 Å². The van der Waals surface area contributed by atoms with Crippen LogP contribution in [-0.2, 0) is 18.3 Å². The number of nitrogens with zero attached hydrogens (tertiary/aromatic N) is 3. The maximum absolute atomic E-state index is 5.74. The molecule has 19 heavy (non-hydrogen) atoms. The van der Waals surface area contributed by atoms with Gasteiger partial charge in [0, 0.05) is 32.9 Å². The average Bonchev–Trinajstić information content (AvgIpc) is 2.73. The van der Waals surface area contributed by atoms with Gasteiger partial charge in [-0.2, -0.15) is 0 Å². The van der Waals surface area contributed by atoms with Gasteiger partial charge in [0.05, 0.1) is 24.2 Å². The Morgan fingerprint density at radius 2 is 2.11 bits per heavy atom. The lowest BCUT2D eigenvalue weighted by Crippen LogP contribution is -2.46. The fraction of sp³-hybridized carbons (Fsp3) is 0.786. The second kappa shape index (κ2) is 7.03. The Labute approximate surface area is 116 Å². The molecule has 5 nitrogen and oxygen atoms in total. The van der Waals surface area contributed by atoms with E-state index >= 15 is 0 Å². The van der Waals surface area contributed by atoms with Crippen molar-refractivity contribution < 1.29 is 4.74 Å². The zero-order chi connectivity index (χ0) is 13.7. The van der Waals surface area contributed by atoms with Crippen molar-refractivity contribution in [3.8, 4) is 0 Å². The molecule has 0 aromatic carbocycles.